The number of ether oxygens (including phenoxy) is 1. The van der Waals surface area contributed by atoms with E-state index in [1.165, 1.54) is 28.2 Å². The summed E-state index contributed by atoms with van der Waals surface area (Å²) < 4.78 is 46.9. The number of amides is 2. The summed E-state index contributed by atoms with van der Waals surface area (Å²) in [4.78, 5) is 36.0. The largest absolute Gasteiger partial charge is 0.444 e. The molecule has 0 radical (unpaired) electrons. The van der Waals surface area contributed by atoms with Gasteiger partial charge in [0, 0.05) is 36.1 Å². The van der Waals surface area contributed by atoms with E-state index in [-0.39, 0.29) is 17.2 Å². The van der Waals surface area contributed by atoms with Crippen molar-refractivity contribution >= 4 is 39.8 Å². The number of likely N-dealkylation sites (tertiary alicyclic amines) is 1. The number of piperidine rings is 1. The topological polar surface area (TPSA) is 128 Å². The van der Waals surface area contributed by atoms with Gasteiger partial charge in [0.25, 0.3) is 0 Å². The molecule has 1 aromatic carbocycles. The van der Waals surface area contributed by atoms with Gasteiger partial charge < -0.3 is 20.7 Å². The number of pyridine rings is 1. The highest BCUT2D eigenvalue weighted by Gasteiger charge is 2.49. The monoisotopic (exact) mass is 585 g/mol. The Morgan fingerprint density at radius 2 is 1.88 bits per heavy atom. The Morgan fingerprint density at radius 1 is 1.15 bits per heavy atom. The number of carbonyl (C=O) groups excluding carboxylic acids is 2. The number of hydrogen-bond acceptors (Lipinski definition) is 8. The lowest BCUT2D eigenvalue weighted by molar-refractivity contribution is -0.137. The highest BCUT2D eigenvalue weighted by Crippen LogP contribution is 2.47. The normalized spacial score (nSPS) is 16.7. The second kappa shape index (κ2) is 9.16. The van der Waals surface area contributed by atoms with Crippen LogP contribution in [-0.4, -0.2) is 55.2 Å². The number of anilines is 2. The maximum absolute atomic E-state index is 13.3. The van der Waals surface area contributed by atoms with Crippen molar-refractivity contribution in [1.82, 2.24) is 24.5 Å². The summed E-state index contributed by atoms with van der Waals surface area (Å²) in [5.41, 5.74) is 5.83. The number of halogens is 3. The molecular weight excluding hydrogens is 559 g/mol. The molecule has 14 heteroatoms. The Hall–Kier alpha value is -4.20. The van der Waals surface area contributed by atoms with Crippen LogP contribution in [0.4, 0.5) is 29.5 Å². The fraction of sp³-hybridized carbons (Fsp3) is 0.370. The van der Waals surface area contributed by atoms with Gasteiger partial charge in [0.15, 0.2) is 0 Å². The molecule has 1 fully saturated rings. The van der Waals surface area contributed by atoms with Crippen LogP contribution in [0.15, 0.2) is 36.7 Å². The molecule has 6 rings (SSSR count). The molecule has 0 atom stereocenters. The smallest absolute Gasteiger partial charge is 0.419 e. The van der Waals surface area contributed by atoms with E-state index >= 15 is 0 Å². The Morgan fingerprint density at radius 3 is 2.54 bits per heavy atom. The summed E-state index contributed by atoms with van der Waals surface area (Å²) >= 11 is 1.27. The molecule has 5 heterocycles. The van der Waals surface area contributed by atoms with E-state index in [0.717, 1.165) is 22.9 Å². The molecule has 41 heavy (non-hydrogen) atoms. The molecule has 0 aliphatic carbocycles. The van der Waals surface area contributed by atoms with Crippen LogP contribution in [-0.2, 0) is 21.1 Å². The van der Waals surface area contributed by atoms with E-state index in [4.69, 9.17) is 10.5 Å². The number of rotatable bonds is 2. The fourth-order valence-corrected chi connectivity index (χ4v) is 6.12. The fourth-order valence-electron chi connectivity index (χ4n) is 5.24. The third-order valence-corrected chi connectivity index (χ3v) is 8.27. The number of hydrogen-bond donors (Lipinski definition) is 2. The second-order valence-electron chi connectivity index (χ2n) is 11.2. The van der Waals surface area contributed by atoms with Gasteiger partial charge in [0.1, 0.15) is 16.4 Å². The molecule has 0 unspecified atom stereocenters. The van der Waals surface area contributed by atoms with Gasteiger partial charge in [-0.25, -0.2) is 19.3 Å². The number of carbonyl (C=O) groups is 2. The second-order valence-corrected chi connectivity index (χ2v) is 12.1. The standard InChI is InChI=1S/C27H26F3N7O3S/c1-25(2,3)40-24(39)36-8-6-26(7-9-36)16-10-14(4-5-18(16)33-22(26)38)21-35-37-13-19(34-23(37)41-21)15-11-17(27(28,29)30)20(31)32-12-15/h4-5,10-13H,6-9H2,1-3H3,(H2,31,32)(H,33,38). The van der Waals surface area contributed by atoms with Crippen molar-refractivity contribution in [2.45, 2.75) is 50.8 Å². The lowest BCUT2D eigenvalue weighted by atomic mass is 9.73. The molecule has 2 aliphatic heterocycles. The van der Waals surface area contributed by atoms with E-state index in [1.54, 1.807) is 4.90 Å². The van der Waals surface area contributed by atoms with E-state index in [1.807, 2.05) is 39.0 Å². The molecule has 2 amide bonds. The summed E-state index contributed by atoms with van der Waals surface area (Å²) in [6, 6.07) is 6.56. The first-order valence-electron chi connectivity index (χ1n) is 12.9. The predicted molar refractivity (Wildman–Crippen MR) is 146 cm³/mol. The number of alkyl halides is 3. The van der Waals surface area contributed by atoms with Crippen molar-refractivity contribution in [3.8, 4) is 21.8 Å². The highest BCUT2D eigenvalue weighted by molar-refractivity contribution is 7.19. The number of fused-ring (bicyclic) bond motifs is 3. The van der Waals surface area contributed by atoms with Crippen LogP contribution >= 0.6 is 11.3 Å². The summed E-state index contributed by atoms with van der Waals surface area (Å²) in [6.07, 6.45) is -1.34. The molecule has 1 saturated heterocycles. The molecular formula is C27H26F3N7O3S. The summed E-state index contributed by atoms with van der Waals surface area (Å²) in [5.74, 6) is -0.692. The number of imidazole rings is 1. The van der Waals surface area contributed by atoms with Crippen LogP contribution in [0, 0.1) is 0 Å². The molecule has 2 aliphatic rings. The van der Waals surface area contributed by atoms with Gasteiger partial charge in [0.05, 0.1) is 22.9 Å². The highest BCUT2D eigenvalue weighted by atomic mass is 32.1. The average Bonchev–Trinajstić information content (AvgIpc) is 3.54. The number of nitrogens with one attached hydrogen (secondary N) is 1. The molecule has 0 saturated carbocycles. The van der Waals surface area contributed by atoms with Gasteiger partial charge in [-0.15, -0.1) is 0 Å². The lowest BCUT2D eigenvalue weighted by Crippen LogP contribution is -2.49. The van der Waals surface area contributed by atoms with Crippen molar-refractivity contribution in [1.29, 1.82) is 0 Å². The molecule has 3 N–H and O–H groups in total. The van der Waals surface area contributed by atoms with Crippen molar-refractivity contribution < 1.29 is 27.5 Å². The van der Waals surface area contributed by atoms with Crippen molar-refractivity contribution in [2.75, 3.05) is 24.1 Å². The van der Waals surface area contributed by atoms with Crippen molar-refractivity contribution in [2.24, 2.45) is 0 Å². The maximum Gasteiger partial charge on any atom is 0.419 e. The molecule has 214 valence electrons. The van der Waals surface area contributed by atoms with Gasteiger partial charge in [-0.05, 0) is 63.4 Å². The summed E-state index contributed by atoms with van der Waals surface area (Å²) in [7, 11) is 0. The zero-order valence-electron chi connectivity index (χ0n) is 22.4. The van der Waals surface area contributed by atoms with Gasteiger partial charge in [-0.1, -0.05) is 11.3 Å². The average molecular weight is 586 g/mol. The number of aromatic nitrogens is 4. The molecule has 3 aromatic heterocycles. The zero-order valence-corrected chi connectivity index (χ0v) is 23.2. The first-order valence-corrected chi connectivity index (χ1v) is 13.7. The first kappa shape index (κ1) is 27.0. The number of benzene rings is 1. The third-order valence-electron chi connectivity index (χ3n) is 7.30. The predicted octanol–water partition coefficient (Wildman–Crippen LogP) is 5.34. The maximum atomic E-state index is 13.3. The minimum Gasteiger partial charge on any atom is -0.444 e. The van der Waals surface area contributed by atoms with E-state index in [0.29, 0.717) is 35.9 Å². The Bertz CT molecular complexity index is 1670. The molecule has 0 bridgehead atoms. The Labute approximate surface area is 236 Å². The first-order chi connectivity index (χ1) is 19.2. The lowest BCUT2D eigenvalue weighted by Gasteiger charge is -2.38. The third kappa shape index (κ3) is 4.75. The van der Waals surface area contributed by atoms with Crippen molar-refractivity contribution in [3.63, 3.8) is 0 Å². The van der Waals surface area contributed by atoms with Crippen LogP contribution in [0.5, 0.6) is 0 Å². The molecule has 10 nitrogen and oxygen atoms in total. The van der Waals surface area contributed by atoms with Gasteiger partial charge in [0.2, 0.25) is 10.9 Å². The van der Waals surface area contributed by atoms with E-state index in [2.05, 4.69) is 20.4 Å². The van der Waals surface area contributed by atoms with Crippen LogP contribution in [0.2, 0.25) is 0 Å². The van der Waals surface area contributed by atoms with Crippen LogP contribution < -0.4 is 11.1 Å². The Balaban J connectivity index is 1.26. The van der Waals surface area contributed by atoms with Crippen molar-refractivity contribution in [3.05, 3.63) is 47.8 Å². The Kier molecular flexibility index (Phi) is 6.03. The van der Waals surface area contributed by atoms with Crippen LogP contribution in [0.25, 0.3) is 26.8 Å². The molecule has 4 aromatic rings. The van der Waals surface area contributed by atoms with E-state index < -0.39 is 34.7 Å². The van der Waals surface area contributed by atoms with Gasteiger partial charge in [-0.2, -0.15) is 18.3 Å². The zero-order chi connectivity index (χ0) is 29.3. The quantitative estimate of drug-likeness (QED) is 0.325. The van der Waals surface area contributed by atoms with Crippen LogP contribution in [0.1, 0.15) is 44.7 Å². The van der Waals surface area contributed by atoms with Gasteiger partial charge >= 0.3 is 12.3 Å². The van der Waals surface area contributed by atoms with E-state index in [9.17, 15) is 22.8 Å². The summed E-state index contributed by atoms with van der Waals surface area (Å²) in [5, 5.41) is 8.21. The number of nitrogen functional groups attached to an aromatic ring is 1. The summed E-state index contributed by atoms with van der Waals surface area (Å²) in [6.45, 7) is 6.21. The SMILES string of the molecule is CC(C)(C)OC(=O)N1CCC2(CC1)C(=O)Nc1ccc(-c3nn4cc(-c5cnc(N)c(C(F)(F)F)c5)nc4s3)cc12. The van der Waals surface area contributed by atoms with Crippen LogP contribution in [0.3, 0.4) is 0 Å². The number of nitrogens with zero attached hydrogens (tertiary/aromatic N) is 5. The number of nitrogens with two attached hydrogens (primary N) is 1. The molecule has 1 spiro atoms. The van der Waals surface area contributed by atoms with Gasteiger partial charge in [-0.3, -0.25) is 4.79 Å². The minimum absolute atomic E-state index is 0.0950. The minimum atomic E-state index is -4.64.